The molecule has 1 aromatic rings. The molecule has 3 aliphatic heterocycles. The molecule has 10 heteroatoms. The first kappa shape index (κ1) is 32.3. The van der Waals surface area contributed by atoms with Crippen LogP contribution in [0.15, 0.2) is 30.5 Å². The van der Waals surface area contributed by atoms with Gasteiger partial charge in [0, 0.05) is 36.8 Å². The Hall–Kier alpha value is -3.08. The molecule has 0 aromatic heterocycles. The van der Waals surface area contributed by atoms with Gasteiger partial charge in [-0.1, -0.05) is 44.4 Å². The number of hydrogen-bond acceptors (Lipinski definition) is 8. The van der Waals surface area contributed by atoms with Crippen LogP contribution in [-0.2, 0) is 41.5 Å². The van der Waals surface area contributed by atoms with E-state index < -0.39 is 23.6 Å². The summed E-state index contributed by atoms with van der Waals surface area (Å²) in [6, 6.07) is 4.67. The highest BCUT2D eigenvalue weighted by Gasteiger charge is 2.50. The van der Waals surface area contributed by atoms with Gasteiger partial charge in [-0.05, 0) is 62.6 Å². The third kappa shape index (κ3) is 8.55. The van der Waals surface area contributed by atoms with Gasteiger partial charge in [0.1, 0.15) is 5.60 Å². The van der Waals surface area contributed by atoms with Crippen LogP contribution < -0.4 is 16.0 Å². The molecule has 3 fully saturated rings. The Balaban J connectivity index is 1.29. The summed E-state index contributed by atoms with van der Waals surface area (Å²) in [6.07, 6.45) is 6.97. The van der Waals surface area contributed by atoms with Gasteiger partial charge in [0.15, 0.2) is 11.6 Å². The van der Waals surface area contributed by atoms with Crippen LogP contribution in [0.25, 0.3) is 0 Å². The highest BCUT2D eigenvalue weighted by molar-refractivity contribution is 5.98. The highest BCUT2D eigenvalue weighted by atomic mass is 16.6. The first-order valence-corrected chi connectivity index (χ1v) is 16.3. The molecule has 240 valence electrons. The quantitative estimate of drug-likeness (QED) is 0.275. The summed E-state index contributed by atoms with van der Waals surface area (Å²) in [5.41, 5.74) is 3.24. The van der Waals surface area contributed by atoms with Gasteiger partial charge in [0.05, 0.1) is 38.4 Å². The molecule has 0 bridgehead atoms. The topological polar surface area (TPSA) is 129 Å². The summed E-state index contributed by atoms with van der Waals surface area (Å²) in [5, 5.41) is 9.22. The Morgan fingerprint density at radius 3 is 2.55 bits per heavy atom. The normalized spacial score (nSPS) is 24.0. The van der Waals surface area contributed by atoms with E-state index in [1.165, 1.54) is 0 Å². The molecule has 2 saturated heterocycles. The number of aryl methyl sites for hydroxylation is 1. The lowest BCUT2D eigenvalue weighted by molar-refractivity contribution is -0.134. The second-order valence-corrected chi connectivity index (χ2v) is 13.3. The Morgan fingerprint density at radius 2 is 1.84 bits per heavy atom. The molecule has 3 N–H and O–H groups in total. The van der Waals surface area contributed by atoms with Crippen LogP contribution in [0.4, 0.5) is 5.69 Å². The molecule has 1 aromatic carbocycles. The van der Waals surface area contributed by atoms with Crippen molar-refractivity contribution in [3.63, 3.8) is 0 Å². The number of amides is 2. The summed E-state index contributed by atoms with van der Waals surface area (Å²) in [6.45, 7) is 10.6. The number of morpholine rings is 1. The maximum Gasteiger partial charge on any atom is 0.234 e. The van der Waals surface area contributed by atoms with Gasteiger partial charge in [0.2, 0.25) is 11.8 Å². The number of nitrogens with one attached hydrogen (secondary N) is 3. The van der Waals surface area contributed by atoms with Crippen molar-refractivity contribution in [1.29, 1.82) is 0 Å². The minimum Gasteiger partial charge on any atom is -0.379 e. The number of epoxide rings is 1. The van der Waals surface area contributed by atoms with Crippen molar-refractivity contribution in [1.82, 2.24) is 15.5 Å². The number of carbonyl (C=O) groups is 4. The molecule has 0 radical (unpaired) electrons. The SMILES string of the molecule is C=C1CCc2cc(CC(CC(=O)C(C)NC(=O)CN3CCOCC3)C(=O)NC(CC3CCCC3)C(=O)C3(C)CO3)ccc2N1. The highest BCUT2D eigenvalue weighted by Crippen LogP contribution is 2.34. The molecule has 2 amide bonds. The number of rotatable bonds is 14. The number of Topliss-reactive ketones (excluding diaryl/α,β-unsaturated/α-hetero) is 2. The first-order valence-electron chi connectivity index (χ1n) is 16.3. The average Bonchev–Trinajstić information content (AvgIpc) is 3.54. The predicted molar refractivity (Wildman–Crippen MR) is 167 cm³/mol. The Morgan fingerprint density at radius 1 is 1.11 bits per heavy atom. The molecule has 10 nitrogen and oxygen atoms in total. The van der Waals surface area contributed by atoms with Crippen LogP contribution >= 0.6 is 0 Å². The van der Waals surface area contributed by atoms with Crippen molar-refractivity contribution in [3.05, 3.63) is 41.6 Å². The molecule has 44 heavy (non-hydrogen) atoms. The van der Waals surface area contributed by atoms with E-state index in [9.17, 15) is 19.2 Å². The smallest absolute Gasteiger partial charge is 0.234 e. The fourth-order valence-corrected chi connectivity index (χ4v) is 6.65. The number of allylic oxidation sites excluding steroid dienone is 1. The Bertz CT molecular complexity index is 1250. The lowest BCUT2D eigenvalue weighted by atomic mass is 9.87. The van der Waals surface area contributed by atoms with Crippen LogP contribution in [0.3, 0.4) is 0 Å². The van der Waals surface area contributed by atoms with E-state index >= 15 is 0 Å². The molecule has 4 unspecified atom stereocenters. The number of fused-ring (bicyclic) bond motifs is 1. The molecule has 1 saturated carbocycles. The standard InChI is InChI=1S/C34H48N4O6/c1-22-8-10-26-16-25(9-11-28(26)35-22)17-27(19-30(39)23(2)36-31(40)20-38-12-14-43-15-13-38)33(42)37-29(18-24-6-4-5-7-24)32(41)34(3)21-44-34/h9,11,16,23-24,27,29,35H,1,4-8,10,12-15,17-21H2,2-3H3,(H,36,40)(H,37,42). The number of ketones is 2. The van der Waals surface area contributed by atoms with Crippen LogP contribution in [0, 0.1) is 11.8 Å². The Kier molecular flexibility index (Phi) is 10.5. The van der Waals surface area contributed by atoms with Crippen LogP contribution in [-0.4, -0.2) is 85.4 Å². The van der Waals surface area contributed by atoms with Crippen LogP contribution in [0.5, 0.6) is 0 Å². The summed E-state index contributed by atoms with van der Waals surface area (Å²) >= 11 is 0. The number of ether oxygens (including phenoxy) is 2. The van der Waals surface area contributed by atoms with Crippen molar-refractivity contribution in [2.45, 2.75) is 89.3 Å². The average molecular weight is 609 g/mol. The van der Waals surface area contributed by atoms with E-state index in [1.54, 1.807) is 13.8 Å². The molecular weight excluding hydrogens is 560 g/mol. The summed E-state index contributed by atoms with van der Waals surface area (Å²) < 4.78 is 10.8. The van der Waals surface area contributed by atoms with E-state index in [4.69, 9.17) is 9.47 Å². The van der Waals surface area contributed by atoms with Crippen molar-refractivity contribution >= 4 is 29.1 Å². The van der Waals surface area contributed by atoms with Gasteiger partial charge in [-0.25, -0.2) is 0 Å². The maximum absolute atomic E-state index is 14.0. The summed E-state index contributed by atoms with van der Waals surface area (Å²) in [5.74, 6) is -1.15. The molecule has 5 rings (SSSR count). The van der Waals surface area contributed by atoms with Gasteiger partial charge < -0.3 is 25.4 Å². The van der Waals surface area contributed by atoms with E-state index in [-0.39, 0.29) is 36.3 Å². The molecule has 3 heterocycles. The van der Waals surface area contributed by atoms with Crippen LogP contribution in [0.1, 0.15) is 69.9 Å². The fraction of sp³-hybridized carbons (Fsp3) is 0.647. The van der Waals surface area contributed by atoms with Gasteiger partial charge in [-0.3, -0.25) is 24.1 Å². The number of carbonyl (C=O) groups excluding carboxylic acids is 4. The summed E-state index contributed by atoms with van der Waals surface area (Å²) in [7, 11) is 0. The molecular formula is C34H48N4O6. The minimum atomic E-state index is -0.851. The van der Waals surface area contributed by atoms with Crippen molar-refractivity contribution in [2.75, 3.05) is 44.8 Å². The third-order valence-electron chi connectivity index (χ3n) is 9.58. The van der Waals surface area contributed by atoms with Gasteiger partial charge in [-0.15, -0.1) is 0 Å². The minimum absolute atomic E-state index is 0.0465. The zero-order valence-corrected chi connectivity index (χ0v) is 26.3. The molecule has 0 spiro atoms. The lowest BCUT2D eigenvalue weighted by Crippen LogP contribution is -2.50. The molecule has 4 atom stereocenters. The number of hydrogen-bond donors (Lipinski definition) is 3. The van der Waals surface area contributed by atoms with Crippen molar-refractivity contribution in [3.8, 4) is 0 Å². The van der Waals surface area contributed by atoms with E-state index in [0.29, 0.717) is 51.7 Å². The zero-order chi connectivity index (χ0) is 31.3. The lowest BCUT2D eigenvalue weighted by Gasteiger charge is -2.27. The third-order valence-corrected chi connectivity index (χ3v) is 9.58. The van der Waals surface area contributed by atoms with Gasteiger partial charge in [-0.2, -0.15) is 0 Å². The number of anilines is 1. The Labute approximate surface area is 260 Å². The number of nitrogens with zero attached hydrogens (tertiary/aromatic N) is 1. The van der Waals surface area contributed by atoms with Crippen molar-refractivity contribution < 1.29 is 28.7 Å². The fourth-order valence-electron chi connectivity index (χ4n) is 6.65. The summed E-state index contributed by atoms with van der Waals surface area (Å²) in [4.78, 5) is 55.6. The second-order valence-electron chi connectivity index (χ2n) is 13.3. The first-order chi connectivity index (χ1) is 21.1. The van der Waals surface area contributed by atoms with Crippen LogP contribution in [0.2, 0.25) is 0 Å². The van der Waals surface area contributed by atoms with Gasteiger partial charge >= 0.3 is 0 Å². The van der Waals surface area contributed by atoms with Gasteiger partial charge in [0.25, 0.3) is 0 Å². The van der Waals surface area contributed by atoms with Crippen molar-refractivity contribution in [2.24, 2.45) is 11.8 Å². The maximum atomic E-state index is 14.0. The second kappa shape index (κ2) is 14.3. The largest absolute Gasteiger partial charge is 0.379 e. The molecule has 4 aliphatic rings. The van der Waals surface area contributed by atoms with E-state index in [1.807, 2.05) is 17.0 Å². The monoisotopic (exact) mass is 608 g/mol. The van der Waals surface area contributed by atoms with E-state index in [2.05, 4.69) is 28.6 Å². The predicted octanol–water partition coefficient (Wildman–Crippen LogP) is 2.94. The number of benzene rings is 1. The van der Waals surface area contributed by atoms with E-state index in [0.717, 1.165) is 61.0 Å². The zero-order valence-electron chi connectivity index (χ0n) is 26.3. The molecule has 1 aliphatic carbocycles.